The van der Waals surface area contributed by atoms with Gasteiger partial charge < -0.3 is 19.9 Å². The monoisotopic (exact) mass is 347 g/mol. The summed E-state index contributed by atoms with van der Waals surface area (Å²) in [7, 11) is 0. The fourth-order valence-electron chi connectivity index (χ4n) is 3.73. The van der Waals surface area contributed by atoms with Gasteiger partial charge in [-0.1, -0.05) is 19.8 Å². The first-order valence-corrected chi connectivity index (χ1v) is 9.02. The van der Waals surface area contributed by atoms with Gasteiger partial charge in [0, 0.05) is 5.69 Å². The van der Waals surface area contributed by atoms with Gasteiger partial charge in [0.1, 0.15) is 5.75 Å². The van der Waals surface area contributed by atoms with E-state index in [9.17, 15) is 14.7 Å². The number of hydrogen-bond acceptors (Lipinski definition) is 4. The molecule has 2 unspecified atom stereocenters. The largest absolute Gasteiger partial charge is 0.494 e. The van der Waals surface area contributed by atoms with Crippen LogP contribution in [-0.2, 0) is 14.3 Å². The summed E-state index contributed by atoms with van der Waals surface area (Å²) < 4.78 is 11.3. The topological polar surface area (TPSA) is 84.9 Å². The van der Waals surface area contributed by atoms with E-state index in [1.165, 1.54) is 0 Å². The van der Waals surface area contributed by atoms with E-state index in [0.717, 1.165) is 37.9 Å². The Balaban J connectivity index is 1.56. The molecular weight excluding hydrogens is 322 g/mol. The van der Waals surface area contributed by atoms with Crippen LogP contribution in [0.15, 0.2) is 24.3 Å². The van der Waals surface area contributed by atoms with Gasteiger partial charge in [0.05, 0.1) is 30.7 Å². The van der Waals surface area contributed by atoms with E-state index < -0.39 is 17.8 Å². The van der Waals surface area contributed by atoms with Crippen molar-refractivity contribution >= 4 is 17.6 Å². The summed E-state index contributed by atoms with van der Waals surface area (Å²) in [5.41, 5.74) is 0.637. The molecule has 0 aromatic heterocycles. The third kappa shape index (κ3) is 3.95. The lowest BCUT2D eigenvalue weighted by Gasteiger charge is -2.23. The maximum atomic E-state index is 12.6. The Hall–Kier alpha value is -2.08. The van der Waals surface area contributed by atoms with E-state index in [4.69, 9.17) is 9.47 Å². The van der Waals surface area contributed by atoms with E-state index in [2.05, 4.69) is 12.2 Å². The molecule has 2 aliphatic rings. The number of carboxylic acids is 1. The third-order valence-electron chi connectivity index (χ3n) is 5.00. The van der Waals surface area contributed by atoms with Gasteiger partial charge >= 0.3 is 5.97 Å². The number of amides is 1. The zero-order valence-electron chi connectivity index (χ0n) is 14.4. The highest BCUT2D eigenvalue weighted by Gasteiger charge is 2.55. The number of ether oxygens (including phenoxy) is 2. The van der Waals surface area contributed by atoms with Crippen molar-refractivity contribution in [2.24, 2.45) is 11.8 Å². The minimum Gasteiger partial charge on any atom is -0.494 e. The van der Waals surface area contributed by atoms with Gasteiger partial charge in [0.15, 0.2) is 0 Å². The second-order valence-electron chi connectivity index (χ2n) is 6.75. The summed E-state index contributed by atoms with van der Waals surface area (Å²) in [5, 5.41) is 12.2. The fourth-order valence-corrected chi connectivity index (χ4v) is 3.73. The second-order valence-corrected chi connectivity index (χ2v) is 6.75. The van der Waals surface area contributed by atoms with Crippen LogP contribution in [0.1, 0.15) is 39.0 Å². The number of carbonyl (C=O) groups excluding carboxylic acids is 1. The van der Waals surface area contributed by atoms with Crippen LogP contribution in [0.4, 0.5) is 5.69 Å². The van der Waals surface area contributed by atoms with E-state index in [0.29, 0.717) is 12.3 Å². The molecule has 0 aliphatic carbocycles. The van der Waals surface area contributed by atoms with Crippen molar-refractivity contribution in [2.45, 2.75) is 51.2 Å². The zero-order valence-corrected chi connectivity index (χ0v) is 14.4. The van der Waals surface area contributed by atoms with Gasteiger partial charge in [-0.15, -0.1) is 0 Å². The Labute approximate surface area is 147 Å². The van der Waals surface area contributed by atoms with Crippen molar-refractivity contribution in [3.8, 4) is 5.75 Å². The minimum absolute atomic E-state index is 0.281. The molecule has 0 radical (unpaired) electrons. The van der Waals surface area contributed by atoms with Gasteiger partial charge in [0.2, 0.25) is 5.91 Å². The lowest BCUT2D eigenvalue weighted by atomic mass is 9.78. The first-order valence-electron chi connectivity index (χ1n) is 9.02. The van der Waals surface area contributed by atoms with Crippen LogP contribution in [0.5, 0.6) is 5.75 Å². The Morgan fingerprint density at radius 1 is 1.16 bits per heavy atom. The Bertz CT molecular complexity index is 615. The number of unbranched alkanes of at least 4 members (excludes halogenated alkanes) is 2. The molecular formula is C19H25NO5. The van der Waals surface area contributed by atoms with Gasteiger partial charge in [-0.2, -0.15) is 0 Å². The molecule has 2 heterocycles. The number of benzene rings is 1. The van der Waals surface area contributed by atoms with E-state index in [1.807, 2.05) is 12.1 Å². The lowest BCUT2D eigenvalue weighted by Crippen LogP contribution is -2.40. The van der Waals surface area contributed by atoms with Crippen LogP contribution in [0, 0.1) is 11.8 Å². The number of hydrogen-bond donors (Lipinski definition) is 2. The molecule has 2 bridgehead atoms. The summed E-state index contributed by atoms with van der Waals surface area (Å²) in [6.07, 6.45) is 4.16. The maximum Gasteiger partial charge on any atom is 0.310 e. The maximum absolute atomic E-state index is 12.6. The standard InChI is InChI=1S/C19H25NO5/c1-2-3-4-11-24-13-7-5-12(6-8-13)20-18(21)16-14-9-10-15(25-14)17(16)19(22)23/h5-8,14-17H,2-4,9-11H2,1H3,(H,20,21)(H,22,23)/t14-,15-,16?,17?/m1/s1. The molecule has 2 aliphatic heterocycles. The molecule has 6 nitrogen and oxygen atoms in total. The number of aliphatic carboxylic acids is 1. The van der Waals surface area contributed by atoms with Crippen molar-refractivity contribution < 1.29 is 24.2 Å². The molecule has 0 saturated carbocycles. The van der Waals surface area contributed by atoms with Gasteiger partial charge in [-0.3, -0.25) is 9.59 Å². The average molecular weight is 347 g/mol. The molecule has 2 fully saturated rings. The lowest BCUT2D eigenvalue weighted by molar-refractivity contribution is -0.147. The van der Waals surface area contributed by atoms with Crippen LogP contribution in [0.2, 0.25) is 0 Å². The zero-order chi connectivity index (χ0) is 17.8. The number of nitrogens with one attached hydrogen (secondary N) is 1. The summed E-state index contributed by atoms with van der Waals surface area (Å²) in [4.78, 5) is 24.0. The molecule has 2 N–H and O–H groups in total. The SMILES string of the molecule is CCCCCOc1ccc(NC(=O)C2C(C(=O)O)[C@H]3CC[C@H]2O3)cc1. The smallest absolute Gasteiger partial charge is 0.310 e. The quantitative estimate of drug-likeness (QED) is 0.706. The summed E-state index contributed by atoms with van der Waals surface area (Å²) in [5.74, 6) is -1.85. The van der Waals surface area contributed by atoms with Crippen molar-refractivity contribution in [1.29, 1.82) is 0 Å². The molecule has 1 amide bonds. The van der Waals surface area contributed by atoms with Crippen LogP contribution < -0.4 is 10.1 Å². The van der Waals surface area contributed by atoms with E-state index in [1.54, 1.807) is 12.1 Å². The first-order chi connectivity index (χ1) is 12.1. The molecule has 4 atom stereocenters. The summed E-state index contributed by atoms with van der Waals surface area (Å²) in [6.45, 7) is 2.83. The highest BCUT2D eigenvalue weighted by molar-refractivity contribution is 5.96. The Morgan fingerprint density at radius 2 is 1.84 bits per heavy atom. The Morgan fingerprint density at radius 3 is 2.48 bits per heavy atom. The van der Waals surface area contributed by atoms with Crippen LogP contribution in [-0.4, -0.2) is 35.8 Å². The summed E-state index contributed by atoms with van der Waals surface area (Å²) in [6, 6.07) is 7.18. The van der Waals surface area contributed by atoms with Crippen molar-refractivity contribution in [2.75, 3.05) is 11.9 Å². The number of anilines is 1. The molecule has 1 aromatic rings. The number of fused-ring (bicyclic) bond motifs is 2. The number of carboxylic acid groups (broad SMARTS) is 1. The van der Waals surface area contributed by atoms with Crippen molar-refractivity contribution in [3.63, 3.8) is 0 Å². The highest BCUT2D eigenvalue weighted by Crippen LogP contribution is 2.44. The van der Waals surface area contributed by atoms with Crippen molar-refractivity contribution in [3.05, 3.63) is 24.3 Å². The summed E-state index contributed by atoms with van der Waals surface area (Å²) >= 11 is 0. The molecule has 0 spiro atoms. The number of carbonyl (C=O) groups is 2. The van der Waals surface area contributed by atoms with E-state index in [-0.39, 0.29) is 18.1 Å². The predicted octanol–water partition coefficient (Wildman–Crippen LogP) is 3.07. The molecule has 136 valence electrons. The van der Waals surface area contributed by atoms with Gasteiger partial charge in [-0.05, 0) is 43.5 Å². The second kappa shape index (κ2) is 7.87. The molecule has 25 heavy (non-hydrogen) atoms. The molecule has 1 aromatic carbocycles. The highest BCUT2D eigenvalue weighted by atomic mass is 16.5. The minimum atomic E-state index is -0.955. The normalized spacial score (nSPS) is 27.2. The van der Waals surface area contributed by atoms with Crippen LogP contribution in [0.3, 0.4) is 0 Å². The first kappa shape index (κ1) is 17.7. The number of rotatable bonds is 8. The van der Waals surface area contributed by atoms with Crippen molar-refractivity contribution in [1.82, 2.24) is 0 Å². The molecule has 2 saturated heterocycles. The van der Waals surface area contributed by atoms with E-state index >= 15 is 0 Å². The van der Waals surface area contributed by atoms with Crippen LogP contribution >= 0.6 is 0 Å². The third-order valence-corrected chi connectivity index (χ3v) is 5.00. The molecule has 6 heteroatoms. The average Bonchev–Trinajstić information content (AvgIpc) is 3.21. The predicted molar refractivity (Wildman–Crippen MR) is 92.6 cm³/mol. The fraction of sp³-hybridized carbons (Fsp3) is 0.579. The molecule has 3 rings (SSSR count). The van der Waals surface area contributed by atoms with Gasteiger partial charge in [0.25, 0.3) is 0 Å². The van der Waals surface area contributed by atoms with Gasteiger partial charge in [-0.25, -0.2) is 0 Å². The van der Waals surface area contributed by atoms with Crippen LogP contribution in [0.25, 0.3) is 0 Å². The Kier molecular flexibility index (Phi) is 5.58.